The van der Waals surface area contributed by atoms with E-state index in [0.717, 1.165) is 77.2 Å². The second kappa shape index (κ2) is 9.42. The smallest absolute Gasteiger partial charge is 0.228 e. The maximum absolute atomic E-state index is 6.29. The first-order valence-corrected chi connectivity index (χ1v) is 10.3. The molecule has 0 atom stereocenters. The van der Waals surface area contributed by atoms with E-state index >= 15 is 0 Å². The topological polar surface area (TPSA) is 38.7 Å². The third-order valence-electron chi connectivity index (χ3n) is 4.82. The van der Waals surface area contributed by atoms with Crippen LogP contribution in [0.1, 0.15) is 0 Å². The maximum atomic E-state index is 6.29. The highest BCUT2D eigenvalue weighted by Gasteiger charge is 2.22. The fraction of sp³-hybridized carbons (Fsp3) is 0.750. The van der Waals surface area contributed by atoms with Gasteiger partial charge < -0.3 is 9.80 Å². The van der Waals surface area contributed by atoms with E-state index in [-0.39, 0.29) is 0 Å². The van der Waals surface area contributed by atoms with Gasteiger partial charge in [0, 0.05) is 83.3 Å². The molecular formula is C16H25Cl3N6. The lowest BCUT2D eigenvalue weighted by atomic mass is 10.3. The molecule has 0 spiro atoms. The first-order chi connectivity index (χ1) is 12.2. The molecule has 0 aliphatic carbocycles. The van der Waals surface area contributed by atoms with E-state index in [1.807, 2.05) is 6.07 Å². The molecule has 25 heavy (non-hydrogen) atoms. The number of hydrogen-bond donors (Lipinski definition) is 0. The van der Waals surface area contributed by atoms with Crippen LogP contribution < -0.4 is 9.80 Å². The summed E-state index contributed by atoms with van der Waals surface area (Å²) in [5.41, 5.74) is 0. The molecule has 2 saturated heterocycles. The van der Waals surface area contributed by atoms with Gasteiger partial charge in [-0.15, -0.1) is 23.2 Å². The van der Waals surface area contributed by atoms with Crippen molar-refractivity contribution in [1.82, 2.24) is 19.8 Å². The summed E-state index contributed by atoms with van der Waals surface area (Å²) < 4.78 is 0. The number of rotatable bonds is 6. The highest BCUT2D eigenvalue weighted by atomic mass is 35.5. The molecule has 2 fully saturated rings. The Morgan fingerprint density at radius 3 is 1.80 bits per heavy atom. The first kappa shape index (κ1) is 19.2. The van der Waals surface area contributed by atoms with Crippen molar-refractivity contribution in [2.24, 2.45) is 0 Å². The van der Waals surface area contributed by atoms with Crippen LogP contribution in [-0.2, 0) is 0 Å². The zero-order valence-corrected chi connectivity index (χ0v) is 16.6. The van der Waals surface area contributed by atoms with Gasteiger partial charge in [-0.25, -0.2) is 4.98 Å². The van der Waals surface area contributed by atoms with Crippen LogP contribution in [0.15, 0.2) is 6.07 Å². The lowest BCUT2D eigenvalue weighted by Gasteiger charge is -2.36. The number of halogens is 3. The van der Waals surface area contributed by atoms with Crippen molar-refractivity contribution in [3.8, 4) is 0 Å². The molecule has 2 aliphatic rings. The minimum atomic E-state index is 0.506. The van der Waals surface area contributed by atoms with Crippen molar-refractivity contribution in [2.45, 2.75) is 0 Å². The molecule has 0 amide bonds. The Morgan fingerprint density at radius 1 is 0.760 bits per heavy atom. The highest BCUT2D eigenvalue weighted by Crippen LogP contribution is 2.22. The summed E-state index contributed by atoms with van der Waals surface area (Å²) in [5.74, 6) is 3.01. The molecule has 1 aromatic rings. The Bertz CT molecular complexity index is 500. The summed E-state index contributed by atoms with van der Waals surface area (Å²) in [6, 6.07) is 1.87. The van der Waals surface area contributed by atoms with E-state index in [2.05, 4.69) is 24.6 Å². The Labute approximate surface area is 164 Å². The lowest BCUT2D eigenvalue weighted by Crippen LogP contribution is -2.48. The van der Waals surface area contributed by atoms with Crippen LogP contribution in [0.5, 0.6) is 0 Å². The van der Waals surface area contributed by atoms with Crippen LogP contribution in [-0.4, -0.2) is 97.0 Å². The van der Waals surface area contributed by atoms with E-state index in [9.17, 15) is 0 Å². The molecule has 0 saturated carbocycles. The fourth-order valence-corrected chi connectivity index (χ4v) is 3.96. The average Bonchev–Trinajstić information content (AvgIpc) is 2.63. The summed E-state index contributed by atoms with van der Waals surface area (Å²) in [7, 11) is 0. The van der Waals surface area contributed by atoms with Gasteiger partial charge in [0.2, 0.25) is 5.95 Å². The largest absolute Gasteiger partial charge is 0.354 e. The quantitative estimate of drug-likeness (QED) is 0.529. The van der Waals surface area contributed by atoms with Gasteiger partial charge in [-0.05, 0) is 0 Å². The van der Waals surface area contributed by atoms with Gasteiger partial charge in [0.15, 0.2) is 0 Å². The van der Waals surface area contributed by atoms with Crippen LogP contribution in [0, 0.1) is 0 Å². The number of piperazine rings is 2. The number of hydrogen-bond acceptors (Lipinski definition) is 6. The van der Waals surface area contributed by atoms with Gasteiger partial charge in [-0.3, -0.25) is 9.80 Å². The van der Waals surface area contributed by atoms with E-state index in [4.69, 9.17) is 39.8 Å². The van der Waals surface area contributed by atoms with E-state index in [1.54, 1.807) is 0 Å². The van der Waals surface area contributed by atoms with Crippen molar-refractivity contribution < 1.29 is 0 Å². The standard InChI is InChI=1S/C16H25Cl3N6/c17-1-3-22-5-9-24(10-6-22)15-13-14(19)20-16(21-15)25-11-7-23(4-2-18)8-12-25/h13H,1-12H2. The van der Waals surface area contributed by atoms with Gasteiger partial charge in [0.25, 0.3) is 0 Å². The summed E-state index contributed by atoms with van der Waals surface area (Å²) in [6.45, 7) is 9.52. The SMILES string of the molecule is ClCCN1CCN(c2cc(Cl)nc(N3CCN(CCCl)CC3)n2)CC1. The summed E-state index contributed by atoms with van der Waals surface area (Å²) in [5, 5.41) is 0.506. The summed E-state index contributed by atoms with van der Waals surface area (Å²) in [4.78, 5) is 18.5. The Morgan fingerprint density at radius 2 is 1.28 bits per heavy atom. The van der Waals surface area contributed by atoms with Crippen molar-refractivity contribution in [3.63, 3.8) is 0 Å². The number of aromatic nitrogens is 2. The first-order valence-electron chi connectivity index (χ1n) is 8.80. The molecule has 140 valence electrons. The van der Waals surface area contributed by atoms with Crippen LogP contribution in [0.25, 0.3) is 0 Å². The monoisotopic (exact) mass is 406 g/mol. The molecule has 2 aliphatic heterocycles. The van der Waals surface area contributed by atoms with Crippen molar-refractivity contribution in [1.29, 1.82) is 0 Å². The van der Waals surface area contributed by atoms with E-state index in [0.29, 0.717) is 16.9 Å². The molecule has 3 rings (SSSR count). The van der Waals surface area contributed by atoms with Crippen LogP contribution in [0.3, 0.4) is 0 Å². The zero-order chi connectivity index (χ0) is 17.6. The Balaban J connectivity index is 1.63. The third kappa shape index (κ3) is 5.23. The van der Waals surface area contributed by atoms with Gasteiger partial charge in [0.05, 0.1) is 0 Å². The molecule has 9 heteroatoms. The maximum Gasteiger partial charge on any atom is 0.228 e. The molecular weight excluding hydrogens is 383 g/mol. The van der Waals surface area contributed by atoms with Gasteiger partial charge >= 0.3 is 0 Å². The van der Waals surface area contributed by atoms with Crippen LogP contribution >= 0.6 is 34.8 Å². The summed E-state index contributed by atoms with van der Waals surface area (Å²) >= 11 is 18.0. The molecule has 1 aromatic heterocycles. The minimum Gasteiger partial charge on any atom is -0.354 e. The predicted octanol–water partition coefficient (Wildman–Crippen LogP) is 1.85. The van der Waals surface area contributed by atoms with Crippen molar-refractivity contribution in [3.05, 3.63) is 11.2 Å². The summed E-state index contributed by atoms with van der Waals surface area (Å²) in [6.07, 6.45) is 0. The molecule has 0 N–H and O–H groups in total. The Kier molecular flexibility index (Phi) is 7.25. The van der Waals surface area contributed by atoms with Gasteiger partial charge in [0.1, 0.15) is 11.0 Å². The van der Waals surface area contributed by atoms with Gasteiger partial charge in [-0.1, -0.05) is 11.6 Å². The van der Waals surface area contributed by atoms with Crippen molar-refractivity contribution in [2.75, 3.05) is 87.0 Å². The highest BCUT2D eigenvalue weighted by molar-refractivity contribution is 6.29. The molecule has 0 radical (unpaired) electrons. The van der Waals surface area contributed by atoms with Crippen molar-refractivity contribution >= 4 is 46.6 Å². The normalized spacial score (nSPS) is 20.3. The zero-order valence-electron chi connectivity index (χ0n) is 14.4. The molecule has 0 bridgehead atoms. The molecule has 0 unspecified atom stereocenters. The van der Waals surface area contributed by atoms with Crippen LogP contribution in [0.4, 0.5) is 11.8 Å². The number of alkyl halides is 2. The number of nitrogens with zero attached hydrogens (tertiary/aromatic N) is 6. The third-order valence-corrected chi connectivity index (χ3v) is 5.35. The minimum absolute atomic E-state index is 0.506. The average molecular weight is 408 g/mol. The Hall–Kier alpha value is -0.530. The van der Waals surface area contributed by atoms with E-state index in [1.165, 1.54) is 0 Å². The predicted molar refractivity (Wildman–Crippen MR) is 106 cm³/mol. The lowest BCUT2D eigenvalue weighted by molar-refractivity contribution is 0.270. The fourth-order valence-electron chi connectivity index (χ4n) is 3.31. The van der Waals surface area contributed by atoms with E-state index < -0.39 is 0 Å². The molecule has 6 nitrogen and oxygen atoms in total. The second-order valence-electron chi connectivity index (χ2n) is 6.38. The number of anilines is 2. The second-order valence-corrected chi connectivity index (χ2v) is 7.53. The molecule has 0 aromatic carbocycles. The molecule has 3 heterocycles. The van der Waals surface area contributed by atoms with Crippen LogP contribution in [0.2, 0.25) is 5.15 Å². The van der Waals surface area contributed by atoms with Gasteiger partial charge in [-0.2, -0.15) is 4.98 Å².